The van der Waals surface area contributed by atoms with Crippen LogP contribution in [0.1, 0.15) is 111 Å². The van der Waals surface area contributed by atoms with Crippen LogP contribution in [0.3, 0.4) is 0 Å². The van der Waals surface area contributed by atoms with Crippen LogP contribution in [0.4, 0.5) is 0 Å². The topological polar surface area (TPSA) is 29.5 Å². The molecule has 0 atom stereocenters. The van der Waals surface area contributed by atoms with Gasteiger partial charge >= 0.3 is 0 Å². The molecule has 0 fully saturated rings. The van der Waals surface area contributed by atoms with E-state index >= 15 is 0 Å². The monoisotopic (exact) mass is 372 g/mol. The molecule has 0 amide bonds. The molecule has 0 radical (unpaired) electrons. The lowest BCUT2D eigenvalue weighted by molar-refractivity contribution is 0.277. The molecule has 2 nitrogen and oxygen atoms in total. The van der Waals surface area contributed by atoms with Gasteiger partial charge in [0, 0.05) is 13.2 Å². The molecule has 25 heavy (non-hydrogen) atoms. The third kappa shape index (κ3) is 14.9. The van der Waals surface area contributed by atoms with Crippen molar-refractivity contribution in [2.75, 3.05) is 13.2 Å². The van der Waals surface area contributed by atoms with Gasteiger partial charge in [0.1, 0.15) is 0 Å². The fourth-order valence-corrected chi connectivity index (χ4v) is 3.97. The molecule has 0 heterocycles. The van der Waals surface area contributed by atoms with Crippen molar-refractivity contribution in [3.05, 3.63) is 0 Å². The molecule has 0 aliphatic rings. The highest BCUT2D eigenvalue weighted by Crippen LogP contribution is 2.36. The zero-order valence-corrected chi connectivity index (χ0v) is 19.2. The van der Waals surface area contributed by atoms with E-state index in [-0.39, 0.29) is 0 Å². The normalized spacial score (nSPS) is 12.7. The van der Waals surface area contributed by atoms with Gasteiger partial charge in [0.05, 0.1) is 0 Å². The minimum absolute atomic E-state index is 0.340. The Hall–Kier alpha value is 0.137. The van der Waals surface area contributed by atoms with Gasteiger partial charge in [-0.25, -0.2) is 0 Å². The van der Waals surface area contributed by atoms with Crippen molar-refractivity contribution in [3.63, 3.8) is 0 Å². The molecule has 0 aromatic carbocycles. The van der Waals surface area contributed by atoms with Crippen LogP contribution < -0.4 is 0 Å². The Morgan fingerprint density at radius 2 is 0.920 bits per heavy atom. The van der Waals surface area contributed by atoms with E-state index in [9.17, 15) is 0 Å². The van der Waals surface area contributed by atoms with Crippen LogP contribution >= 0.6 is 0 Å². The molecule has 0 aromatic heterocycles. The molecule has 3 heteroatoms. The number of rotatable bonds is 17. The van der Waals surface area contributed by atoms with E-state index in [4.69, 9.17) is 9.53 Å². The van der Waals surface area contributed by atoms with Crippen LogP contribution in [0.2, 0.25) is 18.1 Å². The summed E-state index contributed by atoms with van der Waals surface area (Å²) in [4.78, 5) is 0. The lowest BCUT2D eigenvalue weighted by Crippen LogP contribution is -2.40. The second kappa shape index (κ2) is 15.2. The number of unbranched alkanes of at least 4 members (excludes halogenated alkanes) is 13. The van der Waals surface area contributed by atoms with Crippen LogP contribution in [-0.4, -0.2) is 26.6 Å². The highest BCUT2D eigenvalue weighted by molar-refractivity contribution is 6.74. The Morgan fingerprint density at radius 3 is 1.24 bits per heavy atom. The van der Waals surface area contributed by atoms with Gasteiger partial charge in [-0.15, -0.1) is 0 Å². The number of aliphatic hydroxyl groups is 1. The summed E-state index contributed by atoms with van der Waals surface area (Å²) in [5, 5.41) is 9.07. The first-order chi connectivity index (χ1) is 11.8. The average Bonchev–Trinajstić information content (AvgIpc) is 2.53. The zero-order valence-electron chi connectivity index (χ0n) is 18.2. The number of hydrogen-bond acceptors (Lipinski definition) is 2. The van der Waals surface area contributed by atoms with Crippen LogP contribution in [-0.2, 0) is 4.43 Å². The maximum atomic E-state index is 8.73. The van der Waals surface area contributed by atoms with Gasteiger partial charge in [-0.3, -0.25) is 0 Å². The molecule has 0 aliphatic carbocycles. The summed E-state index contributed by atoms with van der Waals surface area (Å²) in [5.41, 5.74) is 0. The first kappa shape index (κ1) is 25.1. The molecule has 0 aliphatic heterocycles. The van der Waals surface area contributed by atoms with Crippen molar-refractivity contribution >= 4 is 8.32 Å². The molecule has 0 aromatic rings. The van der Waals surface area contributed by atoms with Gasteiger partial charge in [-0.05, 0) is 31.0 Å². The Morgan fingerprint density at radius 1 is 0.600 bits per heavy atom. The Kier molecular flexibility index (Phi) is 15.3. The molecular weight excluding hydrogens is 324 g/mol. The standard InChI is InChI=1S/C22H48O2Si/c1-22(2,3)25(4,5)24-21-19-17-15-13-11-9-7-6-8-10-12-14-16-18-20-23/h23H,6-21H2,1-5H3. The summed E-state index contributed by atoms with van der Waals surface area (Å²) in [6.45, 7) is 13.0. The molecule has 1 N–H and O–H groups in total. The number of hydrogen-bond donors (Lipinski definition) is 1. The van der Waals surface area contributed by atoms with Crippen molar-refractivity contribution in [1.29, 1.82) is 0 Å². The van der Waals surface area contributed by atoms with Gasteiger partial charge in [0.15, 0.2) is 8.32 Å². The first-order valence-electron chi connectivity index (χ1n) is 11.1. The first-order valence-corrected chi connectivity index (χ1v) is 14.0. The molecule has 152 valence electrons. The Labute approximate surface area is 160 Å². The summed E-state index contributed by atoms with van der Waals surface area (Å²) in [6.07, 6.45) is 18.7. The van der Waals surface area contributed by atoms with Crippen LogP contribution in [0.25, 0.3) is 0 Å². The molecular formula is C22H48O2Si. The van der Waals surface area contributed by atoms with Crippen LogP contribution in [0.15, 0.2) is 0 Å². The van der Waals surface area contributed by atoms with E-state index in [1.807, 2.05) is 0 Å². The largest absolute Gasteiger partial charge is 0.417 e. The quantitative estimate of drug-likeness (QED) is 0.212. The van der Waals surface area contributed by atoms with Gasteiger partial charge in [-0.1, -0.05) is 97.8 Å². The zero-order chi connectivity index (χ0) is 19.0. The molecule has 0 saturated heterocycles. The lowest BCUT2D eigenvalue weighted by atomic mass is 10.0. The second-order valence-electron chi connectivity index (χ2n) is 9.28. The smallest absolute Gasteiger partial charge is 0.191 e. The highest BCUT2D eigenvalue weighted by Gasteiger charge is 2.36. The van der Waals surface area contributed by atoms with Gasteiger partial charge in [0.2, 0.25) is 0 Å². The average molecular weight is 373 g/mol. The van der Waals surface area contributed by atoms with Crippen molar-refractivity contribution in [2.45, 2.75) is 129 Å². The summed E-state index contributed by atoms with van der Waals surface area (Å²) >= 11 is 0. The minimum atomic E-state index is -1.52. The predicted octanol–water partition coefficient (Wildman–Crippen LogP) is 7.46. The van der Waals surface area contributed by atoms with Gasteiger partial charge < -0.3 is 9.53 Å². The summed E-state index contributed by atoms with van der Waals surface area (Å²) in [5.74, 6) is 0. The summed E-state index contributed by atoms with van der Waals surface area (Å²) < 4.78 is 6.23. The molecule has 0 rings (SSSR count). The fourth-order valence-electron chi connectivity index (χ4n) is 2.88. The van der Waals surface area contributed by atoms with Gasteiger partial charge in [-0.2, -0.15) is 0 Å². The Balaban J connectivity index is 3.22. The van der Waals surface area contributed by atoms with E-state index in [2.05, 4.69) is 33.9 Å². The predicted molar refractivity (Wildman–Crippen MR) is 115 cm³/mol. The summed E-state index contributed by atoms with van der Waals surface area (Å²) in [6, 6.07) is 0. The van der Waals surface area contributed by atoms with Crippen molar-refractivity contribution in [3.8, 4) is 0 Å². The fraction of sp³-hybridized carbons (Fsp3) is 1.00. The van der Waals surface area contributed by atoms with Crippen molar-refractivity contribution in [2.24, 2.45) is 0 Å². The van der Waals surface area contributed by atoms with Crippen molar-refractivity contribution < 1.29 is 9.53 Å². The molecule has 0 spiro atoms. The number of aliphatic hydroxyl groups excluding tert-OH is 1. The SMILES string of the molecule is CC(C)(C)[Si](C)(C)OCCCCCCCCCCCCCCCCO. The van der Waals surface area contributed by atoms with E-state index in [0.29, 0.717) is 11.6 Å². The maximum Gasteiger partial charge on any atom is 0.191 e. The lowest BCUT2D eigenvalue weighted by Gasteiger charge is -2.36. The van der Waals surface area contributed by atoms with E-state index in [1.54, 1.807) is 0 Å². The van der Waals surface area contributed by atoms with E-state index in [0.717, 1.165) is 13.0 Å². The molecule has 0 saturated carbocycles. The molecule has 0 unspecified atom stereocenters. The third-order valence-electron chi connectivity index (χ3n) is 5.82. The highest BCUT2D eigenvalue weighted by atomic mass is 28.4. The van der Waals surface area contributed by atoms with E-state index < -0.39 is 8.32 Å². The van der Waals surface area contributed by atoms with Crippen molar-refractivity contribution in [1.82, 2.24) is 0 Å². The molecule has 0 bridgehead atoms. The Bertz CT molecular complexity index is 284. The van der Waals surface area contributed by atoms with E-state index in [1.165, 1.54) is 83.5 Å². The van der Waals surface area contributed by atoms with Crippen LogP contribution in [0.5, 0.6) is 0 Å². The minimum Gasteiger partial charge on any atom is -0.417 e. The summed E-state index contributed by atoms with van der Waals surface area (Å²) in [7, 11) is -1.52. The second-order valence-corrected chi connectivity index (χ2v) is 14.1. The van der Waals surface area contributed by atoms with Gasteiger partial charge in [0.25, 0.3) is 0 Å². The third-order valence-corrected chi connectivity index (χ3v) is 10.4. The van der Waals surface area contributed by atoms with Crippen LogP contribution in [0, 0.1) is 0 Å². The maximum absolute atomic E-state index is 8.73.